The van der Waals surface area contributed by atoms with E-state index in [9.17, 15) is 0 Å². The van der Waals surface area contributed by atoms with Crippen LogP contribution in [0.5, 0.6) is 0 Å². The first-order valence-corrected chi connectivity index (χ1v) is 10.0. The third-order valence-corrected chi connectivity index (χ3v) is 5.62. The van der Waals surface area contributed by atoms with Gasteiger partial charge in [-0.15, -0.1) is 0 Å². The van der Waals surface area contributed by atoms with Crippen molar-refractivity contribution in [2.75, 3.05) is 0 Å². The Morgan fingerprint density at radius 1 is 1.15 bits per heavy atom. The van der Waals surface area contributed by atoms with Crippen molar-refractivity contribution >= 4 is 5.57 Å². The highest BCUT2D eigenvalue weighted by molar-refractivity contribution is 5.81. The summed E-state index contributed by atoms with van der Waals surface area (Å²) in [4.78, 5) is 4.71. The molecule has 0 amide bonds. The fourth-order valence-corrected chi connectivity index (χ4v) is 3.87. The number of nitrogens with zero attached hydrogens (tertiary/aromatic N) is 1. The van der Waals surface area contributed by atoms with E-state index >= 15 is 0 Å². The minimum Gasteiger partial charge on any atom is -0.261 e. The van der Waals surface area contributed by atoms with E-state index in [-0.39, 0.29) is 0 Å². The Hall–Kier alpha value is -2.15. The Labute approximate surface area is 158 Å². The molecule has 0 radical (unpaired) electrons. The molecule has 1 nitrogen and oxygen atoms in total. The first-order chi connectivity index (χ1) is 12.6. The van der Waals surface area contributed by atoms with Crippen LogP contribution in [0.1, 0.15) is 63.3 Å². The second kappa shape index (κ2) is 8.49. The van der Waals surface area contributed by atoms with Crippen molar-refractivity contribution < 1.29 is 0 Å². The van der Waals surface area contributed by atoms with E-state index < -0.39 is 0 Å². The van der Waals surface area contributed by atoms with Crippen LogP contribution in [0.2, 0.25) is 0 Å². The van der Waals surface area contributed by atoms with Gasteiger partial charge in [0.1, 0.15) is 0 Å². The van der Waals surface area contributed by atoms with Gasteiger partial charge in [0.25, 0.3) is 0 Å². The predicted octanol–water partition coefficient (Wildman–Crippen LogP) is 7.16. The van der Waals surface area contributed by atoms with Crippen LogP contribution in [-0.2, 0) is 6.42 Å². The van der Waals surface area contributed by atoms with Crippen LogP contribution in [0.4, 0.5) is 0 Å². The van der Waals surface area contributed by atoms with E-state index in [1.54, 1.807) is 0 Å². The molecule has 0 spiro atoms. The van der Waals surface area contributed by atoms with Gasteiger partial charge in [-0.3, -0.25) is 4.98 Å². The first kappa shape index (κ1) is 18.6. The summed E-state index contributed by atoms with van der Waals surface area (Å²) in [6.45, 7) is 8.73. The van der Waals surface area contributed by atoms with Gasteiger partial charge in [0, 0.05) is 17.5 Å². The number of pyridine rings is 1. The van der Waals surface area contributed by atoms with Gasteiger partial charge in [-0.2, -0.15) is 0 Å². The highest BCUT2D eigenvalue weighted by Crippen LogP contribution is 2.31. The number of hydrogen-bond acceptors (Lipinski definition) is 1. The fourth-order valence-electron chi connectivity index (χ4n) is 3.87. The third-order valence-electron chi connectivity index (χ3n) is 5.62. The van der Waals surface area contributed by atoms with Crippen LogP contribution in [0.3, 0.4) is 0 Å². The van der Waals surface area contributed by atoms with Gasteiger partial charge in [0.15, 0.2) is 0 Å². The smallest absolute Gasteiger partial charge is 0.0406 e. The van der Waals surface area contributed by atoms with Gasteiger partial charge < -0.3 is 0 Å². The number of aromatic nitrogens is 1. The molecule has 1 saturated carbocycles. The first-order valence-electron chi connectivity index (χ1n) is 10.0. The van der Waals surface area contributed by atoms with E-state index in [0.29, 0.717) is 0 Å². The summed E-state index contributed by atoms with van der Waals surface area (Å²) in [5, 5.41) is 0. The Bertz CT molecular complexity index is 805. The highest BCUT2D eigenvalue weighted by Gasteiger charge is 2.18. The maximum atomic E-state index is 4.71. The Balaban J connectivity index is 1.81. The van der Waals surface area contributed by atoms with Gasteiger partial charge in [-0.1, -0.05) is 62.6 Å². The molecule has 1 aromatic carbocycles. The second-order valence-electron chi connectivity index (χ2n) is 7.57. The molecule has 0 N–H and O–H groups in total. The standard InChI is InChI=1S/C25H31N/c1-5-8-18(3)24(6-2)25-14-12-21(15-19(25)4)22-11-13-23(26-17-22)16-20-9-7-10-20/h6,8,11-15,17,20H,5,7,9-10,16H2,1-4H3/b18-8-,24-6+. The summed E-state index contributed by atoms with van der Waals surface area (Å²) >= 11 is 0. The molecule has 1 aliphatic carbocycles. The molecule has 1 heteroatoms. The molecule has 0 bridgehead atoms. The minimum absolute atomic E-state index is 0.869. The van der Waals surface area contributed by atoms with Crippen molar-refractivity contribution in [2.24, 2.45) is 5.92 Å². The molecule has 1 aromatic heterocycles. The Morgan fingerprint density at radius 2 is 1.92 bits per heavy atom. The van der Waals surface area contributed by atoms with Crippen LogP contribution in [0.15, 0.2) is 54.3 Å². The Kier molecular flexibility index (Phi) is 6.08. The number of allylic oxidation sites excluding steroid dienone is 4. The van der Waals surface area contributed by atoms with E-state index in [2.05, 4.69) is 70.2 Å². The summed E-state index contributed by atoms with van der Waals surface area (Å²) in [5.74, 6) is 0.869. The average molecular weight is 346 g/mol. The normalized spacial score (nSPS) is 15.8. The SMILES string of the molecule is C/C=C(\C(C)=C/CC)c1ccc(-c2ccc(CC3CCC3)nc2)cc1C. The molecule has 0 unspecified atom stereocenters. The van der Waals surface area contributed by atoms with Crippen molar-refractivity contribution in [1.29, 1.82) is 0 Å². The fraction of sp³-hybridized carbons (Fsp3) is 0.400. The lowest BCUT2D eigenvalue weighted by molar-refractivity contribution is 0.312. The van der Waals surface area contributed by atoms with Crippen LogP contribution in [0.25, 0.3) is 16.7 Å². The minimum atomic E-state index is 0.869. The van der Waals surface area contributed by atoms with Crippen molar-refractivity contribution in [2.45, 2.75) is 59.8 Å². The van der Waals surface area contributed by atoms with Crippen LogP contribution >= 0.6 is 0 Å². The summed E-state index contributed by atoms with van der Waals surface area (Å²) in [7, 11) is 0. The maximum absolute atomic E-state index is 4.71. The molecule has 136 valence electrons. The van der Waals surface area contributed by atoms with Gasteiger partial charge in [-0.05, 0) is 73.4 Å². The molecule has 0 saturated heterocycles. The second-order valence-corrected chi connectivity index (χ2v) is 7.57. The monoisotopic (exact) mass is 345 g/mol. The molecule has 1 heterocycles. The maximum Gasteiger partial charge on any atom is 0.0406 e. The third kappa shape index (κ3) is 4.15. The molecule has 26 heavy (non-hydrogen) atoms. The van der Waals surface area contributed by atoms with Gasteiger partial charge >= 0.3 is 0 Å². The zero-order chi connectivity index (χ0) is 18.5. The lowest BCUT2D eigenvalue weighted by Crippen LogP contribution is -2.14. The van der Waals surface area contributed by atoms with Crippen molar-refractivity contribution in [3.05, 3.63) is 71.1 Å². The zero-order valence-corrected chi connectivity index (χ0v) is 16.7. The van der Waals surface area contributed by atoms with E-state index in [1.807, 2.05) is 6.20 Å². The molecule has 2 aromatic rings. The topological polar surface area (TPSA) is 12.9 Å². The van der Waals surface area contributed by atoms with Crippen molar-refractivity contribution in [3.8, 4) is 11.1 Å². The molecular weight excluding hydrogens is 314 g/mol. The van der Waals surface area contributed by atoms with Crippen LogP contribution in [0, 0.1) is 12.8 Å². The quantitative estimate of drug-likeness (QED) is 0.506. The van der Waals surface area contributed by atoms with Crippen LogP contribution in [-0.4, -0.2) is 4.98 Å². The van der Waals surface area contributed by atoms with Gasteiger partial charge in [0.2, 0.25) is 0 Å². The summed E-state index contributed by atoms with van der Waals surface area (Å²) in [5.41, 5.74) is 9.04. The van der Waals surface area contributed by atoms with Crippen molar-refractivity contribution in [3.63, 3.8) is 0 Å². The summed E-state index contributed by atoms with van der Waals surface area (Å²) in [6, 6.07) is 11.2. The Morgan fingerprint density at radius 3 is 2.46 bits per heavy atom. The molecular formula is C25H31N. The average Bonchev–Trinajstić information content (AvgIpc) is 2.61. The summed E-state index contributed by atoms with van der Waals surface area (Å²) in [6.07, 6.45) is 12.9. The predicted molar refractivity (Wildman–Crippen MR) is 113 cm³/mol. The highest BCUT2D eigenvalue weighted by atomic mass is 14.7. The molecule has 1 aliphatic rings. The van der Waals surface area contributed by atoms with E-state index in [1.165, 1.54) is 58.4 Å². The number of benzene rings is 1. The zero-order valence-electron chi connectivity index (χ0n) is 16.7. The molecule has 0 atom stereocenters. The van der Waals surface area contributed by atoms with E-state index in [4.69, 9.17) is 4.98 Å². The van der Waals surface area contributed by atoms with Crippen molar-refractivity contribution in [1.82, 2.24) is 4.98 Å². The molecule has 1 fully saturated rings. The molecule has 3 rings (SSSR count). The lowest BCUT2D eigenvalue weighted by Gasteiger charge is -2.24. The number of aryl methyl sites for hydroxylation is 1. The van der Waals surface area contributed by atoms with Gasteiger partial charge in [-0.25, -0.2) is 0 Å². The van der Waals surface area contributed by atoms with Crippen LogP contribution < -0.4 is 0 Å². The largest absolute Gasteiger partial charge is 0.261 e. The van der Waals surface area contributed by atoms with Gasteiger partial charge in [0.05, 0.1) is 0 Å². The van der Waals surface area contributed by atoms with E-state index in [0.717, 1.165) is 18.8 Å². The number of rotatable bonds is 6. The number of hydrogen-bond donors (Lipinski definition) is 0. The summed E-state index contributed by atoms with van der Waals surface area (Å²) < 4.78 is 0. The lowest BCUT2D eigenvalue weighted by atomic mass is 9.82. The molecule has 0 aliphatic heterocycles.